The SMILES string of the molecule is Cn1c(-c2cccc(Oc3cccc(N4c5ccccc5[Si](c5ccccc5)(c5ccccc5)c5c4ncc4sc6ccccc6c54)c3)c2)nc2ccccc21. The van der Waals surface area contributed by atoms with Crippen molar-refractivity contribution in [1.29, 1.82) is 0 Å². The third-order valence-corrected chi connectivity index (χ3v) is 17.1. The van der Waals surface area contributed by atoms with Gasteiger partial charge in [-0.2, -0.15) is 0 Å². The zero-order chi connectivity index (χ0) is 37.2. The fourth-order valence-electron chi connectivity index (χ4n) is 8.80. The van der Waals surface area contributed by atoms with Crippen LogP contribution in [0.3, 0.4) is 0 Å². The molecule has 0 N–H and O–H groups in total. The molecule has 0 bridgehead atoms. The third kappa shape index (κ3) is 4.91. The number of aryl methyl sites for hydroxylation is 1. The molecule has 266 valence electrons. The fraction of sp³-hybridized carbons (Fsp3) is 0.0204. The maximum absolute atomic E-state index is 6.68. The number of nitrogens with zero attached hydrogens (tertiary/aromatic N) is 4. The number of fused-ring (bicyclic) bond motifs is 7. The summed E-state index contributed by atoms with van der Waals surface area (Å²) in [5, 5.41) is 7.87. The van der Waals surface area contributed by atoms with E-state index in [0.717, 1.165) is 51.1 Å². The van der Waals surface area contributed by atoms with Crippen LogP contribution in [0.25, 0.3) is 42.6 Å². The Morgan fingerprint density at radius 2 is 1.29 bits per heavy atom. The molecule has 0 saturated carbocycles. The van der Waals surface area contributed by atoms with E-state index in [1.54, 1.807) is 0 Å². The Bertz CT molecular complexity index is 3060. The average molecular weight is 755 g/mol. The molecule has 7 aromatic carbocycles. The second-order valence-corrected chi connectivity index (χ2v) is 19.0. The monoisotopic (exact) mass is 754 g/mol. The molecule has 7 heteroatoms. The Kier molecular flexibility index (Phi) is 7.52. The van der Waals surface area contributed by atoms with Crippen LogP contribution in [-0.2, 0) is 7.05 Å². The summed E-state index contributed by atoms with van der Waals surface area (Å²) < 4.78 is 11.3. The molecule has 0 radical (unpaired) electrons. The summed E-state index contributed by atoms with van der Waals surface area (Å²) in [6, 6.07) is 64.9. The number of hydrogen-bond donors (Lipinski definition) is 0. The van der Waals surface area contributed by atoms with Crippen molar-refractivity contribution >= 4 is 88.6 Å². The van der Waals surface area contributed by atoms with Crippen LogP contribution in [0.15, 0.2) is 188 Å². The average Bonchev–Trinajstić information content (AvgIpc) is 3.81. The molecule has 0 fully saturated rings. The first-order valence-corrected chi connectivity index (χ1v) is 21.6. The van der Waals surface area contributed by atoms with E-state index in [0.29, 0.717) is 0 Å². The number of benzene rings is 7. The van der Waals surface area contributed by atoms with Crippen molar-refractivity contribution in [2.24, 2.45) is 7.05 Å². The number of para-hydroxylation sites is 3. The normalized spacial score (nSPS) is 13.2. The molecule has 56 heavy (non-hydrogen) atoms. The zero-order valence-corrected chi connectivity index (χ0v) is 32.3. The smallest absolute Gasteiger partial charge is 0.187 e. The quantitative estimate of drug-likeness (QED) is 0.159. The molecule has 0 spiro atoms. The molecule has 0 saturated heterocycles. The minimum Gasteiger partial charge on any atom is -0.457 e. The number of thiophene rings is 1. The van der Waals surface area contributed by atoms with E-state index in [1.165, 1.54) is 40.9 Å². The van der Waals surface area contributed by atoms with Crippen LogP contribution in [0.4, 0.5) is 17.2 Å². The molecule has 11 rings (SSSR count). The van der Waals surface area contributed by atoms with Gasteiger partial charge in [0.05, 0.1) is 21.4 Å². The number of imidazole rings is 1. The van der Waals surface area contributed by atoms with Gasteiger partial charge in [0.25, 0.3) is 0 Å². The second-order valence-electron chi connectivity index (χ2n) is 14.2. The lowest BCUT2D eigenvalue weighted by molar-refractivity contribution is 0.483. The highest BCUT2D eigenvalue weighted by atomic mass is 32.1. The first kappa shape index (κ1) is 32.6. The van der Waals surface area contributed by atoms with Crippen LogP contribution >= 0.6 is 11.3 Å². The van der Waals surface area contributed by atoms with E-state index in [1.807, 2.05) is 41.7 Å². The standard InChI is InChI=1S/C49H34N4OSSi/c1-52-41-26-10-9-25-40(41)51-48(52)33-16-14-18-35(30-33)54-36-19-15-17-34(31-36)53-42-27-11-13-29-45(42)56(37-20-4-2-5-21-37,38-22-6-3-7-23-38)47-46-39-24-8-12-28-43(39)55-44(46)32-50-49(47)53/h2-32H,1H3. The van der Waals surface area contributed by atoms with Crippen molar-refractivity contribution < 1.29 is 4.74 Å². The largest absolute Gasteiger partial charge is 0.457 e. The van der Waals surface area contributed by atoms with Crippen molar-refractivity contribution in [3.8, 4) is 22.9 Å². The van der Waals surface area contributed by atoms with Gasteiger partial charge in [-0.15, -0.1) is 11.3 Å². The molecule has 0 aliphatic carbocycles. The number of aromatic nitrogens is 3. The lowest BCUT2D eigenvalue weighted by Crippen LogP contribution is -2.77. The second kappa shape index (κ2) is 12.9. The zero-order valence-electron chi connectivity index (χ0n) is 30.5. The Balaban J connectivity index is 1.12. The van der Waals surface area contributed by atoms with Gasteiger partial charge in [-0.05, 0) is 64.1 Å². The highest BCUT2D eigenvalue weighted by molar-refractivity contribution is 7.28. The first-order chi connectivity index (χ1) is 27.7. The fourth-order valence-corrected chi connectivity index (χ4v) is 15.2. The van der Waals surface area contributed by atoms with Gasteiger partial charge < -0.3 is 9.30 Å². The predicted octanol–water partition coefficient (Wildman–Crippen LogP) is 9.96. The van der Waals surface area contributed by atoms with Crippen molar-refractivity contribution in [2.45, 2.75) is 0 Å². The van der Waals surface area contributed by atoms with Gasteiger partial charge in [0.2, 0.25) is 0 Å². The maximum atomic E-state index is 6.68. The highest BCUT2D eigenvalue weighted by Gasteiger charge is 2.51. The Labute approximate surface area is 329 Å². The van der Waals surface area contributed by atoms with E-state index in [9.17, 15) is 0 Å². The third-order valence-electron chi connectivity index (χ3n) is 11.1. The molecule has 0 amide bonds. The van der Waals surface area contributed by atoms with Crippen LogP contribution < -0.4 is 30.4 Å². The summed E-state index contributed by atoms with van der Waals surface area (Å²) in [7, 11) is -0.904. The van der Waals surface area contributed by atoms with Crippen LogP contribution in [-0.4, -0.2) is 22.6 Å². The Hall–Kier alpha value is -6.80. The van der Waals surface area contributed by atoms with E-state index in [4.69, 9.17) is 14.7 Å². The molecule has 5 nitrogen and oxygen atoms in total. The molecular weight excluding hydrogens is 721 g/mol. The van der Waals surface area contributed by atoms with E-state index >= 15 is 0 Å². The summed E-state index contributed by atoms with van der Waals surface area (Å²) in [5.41, 5.74) is 5.18. The lowest BCUT2D eigenvalue weighted by atomic mass is 10.1. The van der Waals surface area contributed by atoms with Gasteiger partial charge in [0.1, 0.15) is 23.1 Å². The lowest BCUT2D eigenvalue weighted by Gasteiger charge is -2.44. The molecule has 0 unspecified atom stereocenters. The van der Waals surface area contributed by atoms with E-state index in [-0.39, 0.29) is 0 Å². The molecular formula is C49H34N4OSSi. The minimum absolute atomic E-state index is 0.742. The summed E-state index contributed by atoms with van der Waals surface area (Å²) in [6.45, 7) is 0. The van der Waals surface area contributed by atoms with E-state index in [2.05, 4.69) is 174 Å². The molecule has 1 aliphatic rings. The van der Waals surface area contributed by atoms with Crippen LogP contribution in [0.5, 0.6) is 11.5 Å². The minimum atomic E-state index is -2.96. The highest BCUT2D eigenvalue weighted by Crippen LogP contribution is 2.43. The van der Waals surface area contributed by atoms with Crippen molar-refractivity contribution in [3.05, 3.63) is 188 Å². The number of rotatable bonds is 6. The van der Waals surface area contributed by atoms with Crippen molar-refractivity contribution in [2.75, 3.05) is 4.90 Å². The number of hydrogen-bond acceptors (Lipinski definition) is 5. The molecule has 1 aliphatic heterocycles. The molecule has 3 aromatic heterocycles. The van der Waals surface area contributed by atoms with Gasteiger partial charge in [0, 0.05) is 51.2 Å². The number of anilines is 3. The van der Waals surface area contributed by atoms with Gasteiger partial charge >= 0.3 is 0 Å². The maximum Gasteiger partial charge on any atom is 0.187 e. The topological polar surface area (TPSA) is 43.2 Å². The number of pyridine rings is 1. The Morgan fingerprint density at radius 3 is 2.09 bits per heavy atom. The van der Waals surface area contributed by atoms with Gasteiger partial charge in [-0.25, -0.2) is 9.97 Å². The summed E-state index contributed by atoms with van der Waals surface area (Å²) in [5.74, 6) is 3.34. The van der Waals surface area contributed by atoms with Crippen LogP contribution in [0.1, 0.15) is 0 Å². The van der Waals surface area contributed by atoms with E-state index < -0.39 is 8.07 Å². The molecule has 4 heterocycles. The van der Waals surface area contributed by atoms with Crippen LogP contribution in [0, 0.1) is 0 Å². The first-order valence-electron chi connectivity index (χ1n) is 18.8. The van der Waals surface area contributed by atoms with Crippen molar-refractivity contribution in [3.63, 3.8) is 0 Å². The molecule has 0 atom stereocenters. The van der Waals surface area contributed by atoms with Crippen molar-refractivity contribution in [1.82, 2.24) is 14.5 Å². The number of ether oxygens (including phenoxy) is 1. The van der Waals surface area contributed by atoms with Gasteiger partial charge in [0.15, 0.2) is 8.07 Å². The predicted molar refractivity (Wildman–Crippen MR) is 235 cm³/mol. The summed E-state index contributed by atoms with van der Waals surface area (Å²) >= 11 is 1.82. The van der Waals surface area contributed by atoms with Gasteiger partial charge in [-0.3, -0.25) is 4.90 Å². The van der Waals surface area contributed by atoms with Crippen LogP contribution in [0.2, 0.25) is 0 Å². The Morgan fingerprint density at radius 1 is 0.607 bits per heavy atom. The summed E-state index contributed by atoms with van der Waals surface area (Å²) in [6.07, 6.45) is 2.09. The van der Waals surface area contributed by atoms with Gasteiger partial charge in [-0.1, -0.05) is 127 Å². The summed E-state index contributed by atoms with van der Waals surface area (Å²) in [4.78, 5) is 12.7. The molecule has 10 aromatic rings.